The smallest absolute Gasteiger partial charge is 0.155 e. The van der Waals surface area contributed by atoms with E-state index in [4.69, 9.17) is 10.00 Å². The van der Waals surface area contributed by atoms with Crippen LogP contribution in [-0.4, -0.2) is 49.7 Å². The molecule has 3 rings (SSSR count). The average Bonchev–Trinajstić information content (AvgIpc) is 3.04. The zero-order valence-electron chi connectivity index (χ0n) is 13.5. The van der Waals surface area contributed by atoms with Crippen LogP contribution >= 0.6 is 0 Å². The lowest BCUT2D eigenvalue weighted by Gasteiger charge is -2.39. The van der Waals surface area contributed by atoms with Crippen molar-refractivity contribution in [2.45, 2.75) is 25.4 Å². The molecule has 0 unspecified atom stereocenters. The largest absolute Gasteiger partial charge is 0.495 e. The van der Waals surface area contributed by atoms with Gasteiger partial charge in [-0.1, -0.05) is 0 Å². The number of alkyl halides is 1. The van der Waals surface area contributed by atoms with Crippen molar-refractivity contribution in [3.05, 3.63) is 23.5 Å². The van der Waals surface area contributed by atoms with Gasteiger partial charge < -0.3 is 10.1 Å². The highest BCUT2D eigenvalue weighted by molar-refractivity contribution is 5.42. The second-order valence-corrected chi connectivity index (χ2v) is 6.62. The van der Waals surface area contributed by atoms with Crippen LogP contribution < -0.4 is 10.1 Å². The Morgan fingerprint density at radius 3 is 2.87 bits per heavy atom. The summed E-state index contributed by atoms with van der Waals surface area (Å²) >= 11 is 0. The first kappa shape index (κ1) is 16.2. The molecule has 6 heteroatoms. The number of methoxy groups -OCH3 is 1. The highest BCUT2D eigenvalue weighted by Crippen LogP contribution is 2.37. The van der Waals surface area contributed by atoms with Gasteiger partial charge in [0.05, 0.1) is 12.8 Å². The van der Waals surface area contributed by atoms with Crippen LogP contribution in [0.5, 0.6) is 5.75 Å². The first-order chi connectivity index (χ1) is 11.2. The molecule has 1 N–H and O–H groups in total. The highest BCUT2D eigenvalue weighted by atomic mass is 19.1. The summed E-state index contributed by atoms with van der Waals surface area (Å²) in [4.78, 5) is 6.26. The van der Waals surface area contributed by atoms with E-state index < -0.39 is 6.17 Å². The predicted molar refractivity (Wildman–Crippen MR) is 84.9 cm³/mol. The van der Waals surface area contributed by atoms with Gasteiger partial charge in [0.15, 0.2) is 6.17 Å². The van der Waals surface area contributed by atoms with E-state index in [-0.39, 0.29) is 0 Å². The van der Waals surface area contributed by atoms with Crippen LogP contribution in [0.25, 0.3) is 0 Å². The zero-order chi connectivity index (χ0) is 16.3. The van der Waals surface area contributed by atoms with Crippen molar-refractivity contribution in [2.24, 2.45) is 5.41 Å². The van der Waals surface area contributed by atoms with Crippen LogP contribution in [0, 0.1) is 16.7 Å². The van der Waals surface area contributed by atoms with Crippen LogP contribution in [0.2, 0.25) is 0 Å². The molecule has 0 aliphatic carbocycles. The second kappa shape index (κ2) is 6.81. The van der Waals surface area contributed by atoms with Gasteiger partial charge in [-0.25, -0.2) is 4.39 Å². The van der Waals surface area contributed by atoms with Crippen molar-refractivity contribution in [3.8, 4) is 11.8 Å². The standard InChI is InChI=1S/C17H23FN4O/c1-23-16-8-15(21-10-13(16)9-19)14(18)11-22-6-3-17(4-7-22)2-5-20-12-17/h8,10,14,20H,2-7,11-12H2,1H3/t14-/m0/s1. The third-order valence-electron chi connectivity index (χ3n) is 5.22. The van der Waals surface area contributed by atoms with Crippen LogP contribution in [0.1, 0.15) is 36.7 Å². The van der Waals surface area contributed by atoms with Crippen LogP contribution in [0.3, 0.4) is 0 Å². The Morgan fingerprint density at radius 2 is 2.26 bits per heavy atom. The minimum atomic E-state index is -1.16. The zero-order valence-corrected chi connectivity index (χ0v) is 13.5. The lowest BCUT2D eigenvalue weighted by Crippen LogP contribution is -2.42. The molecular weight excluding hydrogens is 295 g/mol. The van der Waals surface area contributed by atoms with Gasteiger partial charge in [-0.3, -0.25) is 9.88 Å². The van der Waals surface area contributed by atoms with E-state index in [2.05, 4.69) is 15.2 Å². The molecule has 124 valence electrons. The molecule has 1 atom stereocenters. The maximum absolute atomic E-state index is 14.6. The molecule has 2 saturated heterocycles. The molecule has 1 spiro atoms. The van der Waals surface area contributed by atoms with Gasteiger partial charge in [0.25, 0.3) is 0 Å². The van der Waals surface area contributed by atoms with E-state index in [1.54, 1.807) is 0 Å². The molecule has 0 aromatic carbocycles. The Hall–Kier alpha value is -1.71. The molecule has 1 aromatic rings. The lowest BCUT2D eigenvalue weighted by molar-refractivity contribution is 0.0942. The number of ether oxygens (including phenoxy) is 1. The van der Waals surface area contributed by atoms with Gasteiger partial charge in [-0.05, 0) is 44.3 Å². The Bertz CT molecular complexity index is 585. The van der Waals surface area contributed by atoms with Gasteiger partial charge in [0.1, 0.15) is 17.4 Å². The summed E-state index contributed by atoms with van der Waals surface area (Å²) in [5.41, 5.74) is 1.11. The van der Waals surface area contributed by atoms with Crippen molar-refractivity contribution in [1.82, 2.24) is 15.2 Å². The molecule has 3 heterocycles. The summed E-state index contributed by atoms with van der Waals surface area (Å²) < 4.78 is 19.7. The summed E-state index contributed by atoms with van der Waals surface area (Å²) in [6, 6.07) is 3.53. The summed E-state index contributed by atoms with van der Waals surface area (Å²) in [6.45, 7) is 4.45. The van der Waals surface area contributed by atoms with E-state index in [1.807, 2.05) is 6.07 Å². The number of halogens is 1. The van der Waals surface area contributed by atoms with Crippen molar-refractivity contribution in [3.63, 3.8) is 0 Å². The van der Waals surface area contributed by atoms with E-state index in [9.17, 15) is 4.39 Å². The second-order valence-electron chi connectivity index (χ2n) is 6.62. The topological polar surface area (TPSA) is 61.2 Å². The molecule has 0 radical (unpaired) electrons. The van der Waals surface area contributed by atoms with Gasteiger partial charge >= 0.3 is 0 Å². The number of nitriles is 1. The number of aromatic nitrogens is 1. The highest BCUT2D eigenvalue weighted by Gasteiger charge is 2.37. The lowest BCUT2D eigenvalue weighted by atomic mass is 9.78. The fourth-order valence-electron chi connectivity index (χ4n) is 3.63. The quantitative estimate of drug-likeness (QED) is 0.920. The Morgan fingerprint density at radius 1 is 1.48 bits per heavy atom. The summed E-state index contributed by atoms with van der Waals surface area (Å²) in [5, 5.41) is 12.4. The monoisotopic (exact) mass is 318 g/mol. The molecule has 2 fully saturated rings. The minimum Gasteiger partial charge on any atom is -0.495 e. The fourth-order valence-corrected chi connectivity index (χ4v) is 3.63. The molecule has 2 aliphatic rings. The molecule has 2 aliphatic heterocycles. The van der Waals surface area contributed by atoms with E-state index in [1.165, 1.54) is 25.8 Å². The van der Waals surface area contributed by atoms with Gasteiger partial charge in [0.2, 0.25) is 0 Å². The number of likely N-dealkylation sites (tertiary alicyclic amines) is 1. The molecule has 23 heavy (non-hydrogen) atoms. The van der Waals surface area contributed by atoms with Crippen LogP contribution in [0.4, 0.5) is 4.39 Å². The van der Waals surface area contributed by atoms with Crippen LogP contribution in [0.15, 0.2) is 12.3 Å². The third kappa shape index (κ3) is 3.46. The minimum absolute atomic E-state index is 0.331. The number of piperidine rings is 1. The van der Waals surface area contributed by atoms with E-state index in [0.29, 0.717) is 29.0 Å². The summed E-state index contributed by atoms with van der Waals surface area (Å²) in [5.74, 6) is 0.384. The van der Waals surface area contributed by atoms with Crippen molar-refractivity contribution < 1.29 is 9.13 Å². The predicted octanol–water partition coefficient (Wildman–Crippen LogP) is 2.05. The van der Waals surface area contributed by atoms with Crippen molar-refractivity contribution in [1.29, 1.82) is 5.26 Å². The molecule has 0 saturated carbocycles. The number of pyridine rings is 1. The number of nitrogens with zero attached hydrogens (tertiary/aromatic N) is 3. The normalized spacial score (nSPS) is 22.0. The first-order valence-corrected chi connectivity index (χ1v) is 8.17. The van der Waals surface area contributed by atoms with Gasteiger partial charge in [-0.2, -0.15) is 5.26 Å². The number of rotatable bonds is 4. The summed E-state index contributed by atoms with van der Waals surface area (Å²) in [7, 11) is 1.48. The van der Waals surface area contributed by atoms with E-state index in [0.717, 1.165) is 39.0 Å². The van der Waals surface area contributed by atoms with Crippen molar-refractivity contribution >= 4 is 0 Å². The maximum atomic E-state index is 14.6. The molecular formula is C17H23FN4O. The number of nitrogens with one attached hydrogen (secondary N) is 1. The Kier molecular flexibility index (Phi) is 4.79. The Balaban J connectivity index is 1.59. The van der Waals surface area contributed by atoms with Gasteiger partial charge in [0, 0.05) is 25.4 Å². The van der Waals surface area contributed by atoms with Crippen molar-refractivity contribution in [2.75, 3.05) is 39.8 Å². The van der Waals surface area contributed by atoms with Gasteiger partial charge in [-0.15, -0.1) is 0 Å². The molecule has 5 nitrogen and oxygen atoms in total. The fraction of sp³-hybridized carbons (Fsp3) is 0.647. The van der Waals surface area contributed by atoms with E-state index >= 15 is 0 Å². The maximum Gasteiger partial charge on any atom is 0.155 e. The third-order valence-corrected chi connectivity index (χ3v) is 5.22. The average molecular weight is 318 g/mol. The van der Waals surface area contributed by atoms with Crippen LogP contribution in [-0.2, 0) is 0 Å². The Labute approximate surface area is 136 Å². The molecule has 1 aromatic heterocycles. The first-order valence-electron chi connectivity index (χ1n) is 8.17. The number of hydrogen-bond donors (Lipinski definition) is 1. The number of hydrogen-bond acceptors (Lipinski definition) is 5. The summed E-state index contributed by atoms with van der Waals surface area (Å²) in [6.07, 6.45) is 3.74. The SMILES string of the molecule is COc1cc([C@@H](F)CN2CCC3(CCNC3)CC2)ncc1C#N. The molecule has 0 amide bonds. The molecule has 0 bridgehead atoms.